The summed E-state index contributed by atoms with van der Waals surface area (Å²) in [6, 6.07) is 4.06. The van der Waals surface area contributed by atoms with E-state index in [1.807, 2.05) is 12.1 Å². The highest BCUT2D eigenvalue weighted by Crippen LogP contribution is 2.50. The summed E-state index contributed by atoms with van der Waals surface area (Å²) in [4.78, 5) is 11.4. The predicted molar refractivity (Wildman–Crippen MR) is 91.4 cm³/mol. The number of phenolic OH excluding ortho intramolecular Hbond substituents is 1. The number of benzene rings is 1. The molecule has 124 valence electrons. The molecule has 0 heterocycles. The summed E-state index contributed by atoms with van der Waals surface area (Å²) in [6.07, 6.45) is 8.22. The van der Waals surface area contributed by atoms with Crippen molar-refractivity contribution in [3.05, 3.63) is 34.9 Å². The monoisotopic (exact) mass is 314 g/mol. The average Bonchev–Trinajstić information content (AvgIpc) is 3.42. The summed E-state index contributed by atoms with van der Waals surface area (Å²) in [7, 11) is 1.38. The fraction of sp³-hybridized carbons (Fsp3) is 0.550. The second-order valence-electron chi connectivity index (χ2n) is 7.16. The van der Waals surface area contributed by atoms with Crippen molar-refractivity contribution in [1.82, 2.24) is 0 Å². The van der Waals surface area contributed by atoms with E-state index in [2.05, 4.69) is 18.6 Å². The number of carbonyl (C=O) groups is 1. The molecule has 23 heavy (non-hydrogen) atoms. The molecule has 2 aliphatic carbocycles. The Morgan fingerprint density at radius 1 is 1.13 bits per heavy atom. The van der Waals surface area contributed by atoms with Crippen LogP contribution in [0.3, 0.4) is 0 Å². The van der Waals surface area contributed by atoms with Crippen molar-refractivity contribution in [3.8, 4) is 5.75 Å². The number of carbonyl (C=O) groups excluding carboxylic acids is 1. The lowest BCUT2D eigenvalue weighted by molar-refractivity contribution is -0.134. The number of esters is 1. The third kappa shape index (κ3) is 3.60. The molecule has 2 atom stereocenters. The molecule has 0 radical (unpaired) electrons. The maximum absolute atomic E-state index is 11.4. The van der Waals surface area contributed by atoms with Crippen molar-refractivity contribution in [2.45, 2.75) is 51.4 Å². The van der Waals surface area contributed by atoms with E-state index in [1.54, 1.807) is 6.08 Å². The molecule has 3 nitrogen and oxygen atoms in total. The van der Waals surface area contributed by atoms with Gasteiger partial charge < -0.3 is 9.84 Å². The molecule has 1 N–H and O–H groups in total. The van der Waals surface area contributed by atoms with Gasteiger partial charge in [-0.2, -0.15) is 0 Å². The molecule has 0 amide bonds. The van der Waals surface area contributed by atoms with Crippen LogP contribution < -0.4 is 0 Å². The molecule has 2 fully saturated rings. The van der Waals surface area contributed by atoms with Crippen LogP contribution in [0.2, 0.25) is 0 Å². The zero-order chi connectivity index (χ0) is 16.6. The van der Waals surface area contributed by atoms with Crippen LogP contribution in [0.4, 0.5) is 0 Å². The number of ether oxygens (including phenoxy) is 1. The highest BCUT2D eigenvalue weighted by molar-refractivity contribution is 5.87. The zero-order valence-corrected chi connectivity index (χ0v) is 14.2. The number of methoxy groups -OCH3 is 1. The van der Waals surface area contributed by atoms with Crippen molar-refractivity contribution in [2.24, 2.45) is 11.8 Å². The molecule has 3 rings (SSSR count). The number of aromatic hydroxyl groups is 1. The molecular weight excluding hydrogens is 288 g/mol. The quantitative estimate of drug-likeness (QED) is 0.616. The van der Waals surface area contributed by atoms with Gasteiger partial charge in [0.2, 0.25) is 0 Å². The van der Waals surface area contributed by atoms with Gasteiger partial charge in [0.15, 0.2) is 0 Å². The van der Waals surface area contributed by atoms with Gasteiger partial charge in [0.05, 0.1) is 7.11 Å². The van der Waals surface area contributed by atoms with Gasteiger partial charge in [-0.15, -0.1) is 0 Å². The van der Waals surface area contributed by atoms with Gasteiger partial charge in [-0.3, -0.25) is 0 Å². The molecule has 0 aromatic heterocycles. The largest absolute Gasteiger partial charge is 0.507 e. The van der Waals surface area contributed by atoms with Crippen molar-refractivity contribution in [3.63, 3.8) is 0 Å². The number of phenols is 1. The van der Waals surface area contributed by atoms with Crippen molar-refractivity contribution < 1.29 is 14.6 Å². The lowest BCUT2D eigenvalue weighted by atomic mass is 9.86. The van der Waals surface area contributed by atoms with E-state index >= 15 is 0 Å². The Labute approximate surface area is 138 Å². The van der Waals surface area contributed by atoms with Crippen molar-refractivity contribution in [1.29, 1.82) is 0 Å². The molecule has 1 aromatic rings. The van der Waals surface area contributed by atoms with Gasteiger partial charge in [-0.05, 0) is 84.3 Å². The molecule has 0 spiro atoms. The number of hydrogen-bond donors (Lipinski definition) is 1. The van der Waals surface area contributed by atoms with Gasteiger partial charge in [0, 0.05) is 6.08 Å². The van der Waals surface area contributed by atoms with E-state index in [9.17, 15) is 9.90 Å². The Balaban J connectivity index is 1.97. The Morgan fingerprint density at radius 2 is 1.61 bits per heavy atom. The molecule has 0 saturated heterocycles. The van der Waals surface area contributed by atoms with Crippen LogP contribution in [0, 0.1) is 11.8 Å². The van der Waals surface area contributed by atoms with E-state index in [4.69, 9.17) is 0 Å². The van der Waals surface area contributed by atoms with Gasteiger partial charge in [0.1, 0.15) is 5.75 Å². The normalized spacial score (nSPS) is 20.5. The van der Waals surface area contributed by atoms with Crippen LogP contribution in [-0.4, -0.2) is 18.2 Å². The molecule has 2 saturated carbocycles. The van der Waals surface area contributed by atoms with Crippen LogP contribution in [0.25, 0.3) is 6.08 Å². The van der Waals surface area contributed by atoms with E-state index in [-0.39, 0.29) is 5.97 Å². The Morgan fingerprint density at radius 3 is 2.00 bits per heavy atom. The lowest BCUT2D eigenvalue weighted by Crippen LogP contribution is -2.03. The van der Waals surface area contributed by atoms with Gasteiger partial charge in [-0.1, -0.05) is 13.8 Å². The first-order valence-electron chi connectivity index (χ1n) is 8.64. The molecule has 2 aliphatic rings. The fourth-order valence-corrected chi connectivity index (χ4v) is 3.43. The Bertz CT molecular complexity index is 585. The van der Waals surface area contributed by atoms with E-state index in [0.29, 0.717) is 29.4 Å². The molecule has 0 aliphatic heterocycles. The molecule has 3 heteroatoms. The minimum atomic E-state index is -0.355. The number of hydrogen-bond acceptors (Lipinski definition) is 3. The third-order valence-electron chi connectivity index (χ3n) is 5.44. The van der Waals surface area contributed by atoms with Crippen LogP contribution in [0.15, 0.2) is 18.2 Å². The molecule has 0 unspecified atom stereocenters. The van der Waals surface area contributed by atoms with Crippen LogP contribution in [0.5, 0.6) is 5.75 Å². The standard InChI is InChI=1S/C20H26O3/c1-12(15-5-6-15)17-10-14(4-9-19(21)23-3)11-18(20(17)22)13(2)16-7-8-16/h4,9-13,15-16,22H,5-8H2,1-3H3/b9-4+/t12-,13-/m1/s1. The highest BCUT2D eigenvalue weighted by Gasteiger charge is 2.34. The molecule has 1 aromatic carbocycles. The predicted octanol–water partition coefficient (Wildman–Crippen LogP) is 4.61. The van der Waals surface area contributed by atoms with E-state index in [0.717, 1.165) is 16.7 Å². The Kier molecular flexibility index (Phi) is 4.47. The van der Waals surface area contributed by atoms with Gasteiger partial charge in [0.25, 0.3) is 0 Å². The summed E-state index contributed by atoms with van der Waals surface area (Å²) < 4.78 is 4.67. The van der Waals surface area contributed by atoms with E-state index in [1.165, 1.54) is 38.9 Å². The molecular formula is C20H26O3. The second-order valence-corrected chi connectivity index (χ2v) is 7.16. The summed E-state index contributed by atoms with van der Waals surface area (Å²) in [6.45, 7) is 4.40. The molecule has 0 bridgehead atoms. The summed E-state index contributed by atoms with van der Waals surface area (Å²) in [5.74, 6) is 2.22. The summed E-state index contributed by atoms with van der Waals surface area (Å²) in [5.41, 5.74) is 3.03. The van der Waals surface area contributed by atoms with Crippen LogP contribution in [-0.2, 0) is 9.53 Å². The summed E-state index contributed by atoms with van der Waals surface area (Å²) >= 11 is 0. The highest BCUT2D eigenvalue weighted by atomic mass is 16.5. The first-order chi connectivity index (χ1) is 11.0. The van der Waals surface area contributed by atoms with E-state index < -0.39 is 0 Å². The van der Waals surface area contributed by atoms with Crippen LogP contribution >= 0.6 is 0 Å². The Hall–Kier alpha value is -1.77. The zero-order valence-electron chi connectivity index (χ0n) is 14.2. The first-order valence-corrected chi connectivity index (χ1v) is 8.64. The SMILES string of the molecule is COC(=O)/C=C/c1cc([C@H](C)C2CC2)c(O)c([C@H](C)C2CC2)c1. The minimum Gasteiger partial charge on any atom is -0.507 e. The average molecular weight is 314 g/mol. The fourth-order valence-electron chi connectivity index (χ4n) is 3.43. The third-order valence-corrected chi connectivity index (χ3v) is 5.44. The summed E-state index contributed by atoms with van der Waals surface area (Å²) in [5, 5.41) is 10.8. The second kappa shape index (κ2) is 6.38. The maximum atomic E-state index is 11.4. The maximum Gasteiger partial charge on any atom is 0.330 e. The van der Waals surface area contributed by atoms with Gasteiger partial charge in [-0.25, -0.2) is 4.79 Å². The first kappa shape index (κ1) is 16.1. The van der Waals surface area contributed by atoms with Crippen molar-refractivity contribution >= 4 is 12.0 Å². The van der Waals surface area contributed by atoms with Gasteiger partial charge >= 0.3 is 5.97 Å². The lowest BCUT2D eigenvalue weighted by Gasteiger charge is -2.20. The smallest absolute Gasteiger partial charge is 0.330 e. The minimum absolute atomic E-state index is 0.355. The van der Waals surface area contributed by atoms with Crippen LogP contribution in [0.1, 0.15) is 68.1 Å². The number of rotatable bonds is 6. The van der Waals surface area contributed by atoms with Crippen molar-refractivity contribution in [2.75, 3.05) is 7.11 Å². The topological polar surface area (TPSA) is 46.5 Å².